The summed E-state index contributed by atoms with van der Waals surface area (Å²) in [5.41, 5.74) is 0.702. The number of nitrogens with one attached hydrogen (secondary N) is 1. The number of amides is 1. The minimum atomic E-state index is -0.118. The van der Waals surface area contributed by atoms with Crippen LogP contribution in [0.1, 0.15) is 19.2 Å². The molecular formula is C21H21Cl3N4O2S. The van der Waals surface area contributed by atoms with E-state index in [2.05, 4.69) is 15.5 Å². The van der Waals surface area contributed by atoms with Gasteiger partial charge in [0, 0.05) is 28.7 Å². The zero-order valence-corrected chi connectivity index (χ0v) is 19.9. The largest absolute Gasteiger partial charge is 0.492 e. The van der Waals surface area contributed by atoms with Gasteiger partial charge in [-0.1, -0.05) is 46.6 Å². The van der Waals surface area contributed by atoms with Crippen LogP contribution in [-0.2, 0) is 17.8 Å². The number of aromatic nitrogens is 3. The number of aryl methyl sites for hydroxylation is 1. The van der Waals surface area contributed by atoms with Crippen molar-refractivity contribution in [3.8, 4) is 5.75 Å². The number of ether oxygens (including phenoxy) is 1. The van der Waals surface area contributed by atoms with E-state index < -0.39 is 0 Å². The second-order valence-corrected chi connectivity index (χ2v) is 8.74. The Hall–Kier alpha value is -1.93. The fraction of sp³-hybridized carbons (Fsp3) is 0.286. The number of carbonyl (C=O) groups is 1. The summed E-state index contributed by atoms with van der Waals surface area (Å²) in [6.45, 7) is 3.23. The Morgan fingerprint density at radius 2 is 1.84 bits per heavy atom. The standard InChI is InChI=1S/C21H21Cl3N4O2S/c1-2-28-19(4-3-11-30-18-10-7-15(23)12-17(18)24)26-27-21(28)31-13-20(29)25-16-8-5-14(22)6-9-16/h5-10,12H,2-4,11,13H2,1H3,(H,25,29). The minimum absolute atomic E-state index is 0.118. The molecule has 1 amide bonds. The quantitative estimate of drug-likeness (QED) is 0.274. The van der Waals surface area contributed by atoms with Gasteiger partial charge in [0.1, 0.15) is 11.6 Å². The number of anilines is 1. The number of hydrogen-bond donors (Lipinski definition) is 1. The Morgan fingerprint density at radius 3 is 2.55 bits per heavy atom. The maximum absolute atomic E-state index is 12.2. The van der Waals surface area contributed by atoms with Gasteiger partial charge in [0.15, 0.2) is 5.16 Å². The molecular weight excluding hydrogens is 479 g/mol. The molecule has 3 aromatic rings. The van der Waals surface area contributed by atoms with Gasteiger partial charge in [-0.15, -0.1) is 10.2 Å². The van der Waals surface area contributed by atoms with Gasteiger partial charge >= 0.3 is 0 Å². The van der Waals surface area contributed by atoms with Gasteiger partial charge in [-0.25, -0.2) is 0 Å². The predicted octanol–water partition coefficient (Wildman–Crippen LogP) is 6.00. The van der Waals surface area contributed by atoms with Crippen LogP contribution in [-0.4, -0.2) is 33.0 Å². The Labute approximate surface area is 200 Å². The highest BCUT2D eigenvalue weighted by molar-refractivity contribution is 7.99. The van der Waals surface area contributed by atoms with Crippen LogP contribution in [0, 0.1) is 0 Å². The number of hydrogen-bond acceptors (Lipinski definition) is 5. The SMILES string of the molecule is CCn1c(CCCOc2ccc(Cl)cc2Cl)nnc1SCC(=O)Nc1ccc(Cl)cc1. The fourth-order valence-corrected chi connectivity index (χ4v) is 4.20. The molecule has 31 heavy (non-hydrogen) atoms. The number of nitrogens with zero attached hydrogens (tertiary/aromatic N) is 3. The van der Waals surface area contributed by atoms with Crippen molar-refractivity contribution in [3.63, 3.8) is 0 Å². The highest BCUT2D eigenvalue weighted by Crippen LogP contribution is 2.27. The molecule has 1 aromatic heterocycles. The Kier molecular flexibility index (Phi) is 8.90. The Morgan fingerprint density at radius 1 is 1.10 bits per heavy atom. The van der Waals surface area contributed by atoms with Gasteiger partial charge in [0.2, 0.25) is 5.91 Å². The lowest BCUT2D eigenvalue weighted by Crippen LogP contribution is -2.14. The van der Waals surface area contributed by atoms with Crippen molar-refractivity contribution in [1.82, 2.24) is 14.8 Å². The van der Waals surface area contributed by atoms with E-state index in [0.717, 1.165) is 12.2 Å². The molecule has 0 aliphatic rings. The van der Waals surface area contributed by atoms with Crippen molar-refractivity contribution in [3.05, 3.63) is 63.4 Å². The van der Waals surface area contributed by atoms with Gasteiger partial charge in [-0.2, -0.15) is 0 Å². The summed E-state index contributed by atoms with van der Waals surface area (Å²) in [5, 5.41) is 13.7. The summed E-state index contributed by atoms with van der Waals surface area (Å²) >= 11 is 19.2. The van der Waals surface area contributed by atoms with Crippen LogP contribution in [0.15, 0.2) is 47.6 Å². The van der Waals surface area contributed by atoms with Gasteiger partial charge < -0.3 is 14.6 Å². The van der Waals surface area contributed by atoms with Crippen LogP contribution in [0.25, 0.3) is 0 Å². The molecule has 0 aliphatic heterocycles. The molecule has 2 aromatic carbocycles. The molecule has 0 atom stereocenters. The molecule has 0 aliphatic carbocycles. The minimum Gasteiger partial charge on any atom is -0.492 e. The molecule has 0 saturated heterocycles. The first-order chi connectivity index (χ1) is 15.0. The van der Waals surface area contributed by atoms with E-state index in [-0.39, 0.29) is 11.7 Å². The molecule has 0 unspecified atom stereocenters. The van der Waals surface area contributed by atoms with Gasteiger partial charge in [0.05, 0.1) is 17.4 Å². The Balaban J connectivity index is 1.48. The third kappa shape index (κ3) is 7.04. The van der Waals surface area contributed by atoms with Crippen molar-refractivity contribution in [2.24, 2.45) is 0 Å². The second-order valence-electron chi connectivity index (χ2n) is 6.51. The third-order valence-corrected chi connectivity index (χ3v) is 6.02. The van der Waals surface area contributed by atoms with E-state index in [1.54, 1.807) is 42.5 Å². The van der Waals surface area contributed by atoms with Crippen molar-refractivity contribution in [2.75, 3.05) is 17.7 Å². The van der Waals surface area contributed by atoms with Gasteiger partial charge in [0.25, 0.3) is 0 Å². The number of carbonyl (C=O) groups excluding carboxylic acids is 1. The number of benzene rings is 2. The fourth-order valence-electron chi connectivity index (χ4n) is 2.79. The molecule has 3 rings (SSSR count). The highest BCUT2D eigenvalue weighted by Gasteiger charge is 2.13. The summed E-state index contributed by atoms with van der Waals surface area (Å²) in [7, 11) is 0. The van der Waals surface area contributed by atoms with Crippen LogP contribution in [0.5, 0.6) is 5.75 Å². The van der Waals surface area contributed by atoms with Crippen LogP contribution in [0.4, 0.5) is 5.69 Å². The van der Waals surface area contributed by atoms with E-state index >= 15 is 0 Å². The van der Waals surface area contributed by atoms with Crippen LogP contribution < -0.4 is 10.1 Å². The molecule has 6 nitrogen and oxygen atoms in total. The molecule has 0 fully saturated rings. The highest BCUT2D eigenvalue weighted by atomic mass is 35.5. The maximum atomic E-state index is 12.2. The Bertz CT molecular complexity index is 1030. The smallest absolute Gasteiger partial charge is 0.234 e. The van der Waals surface area contributed by atoms with E-state index in [4.69, 9.17) is 39.5 Å². The molecule has 0 bridgehead atoms. The maximum Gasteiger partial charge on any atom is 0.234 e. The lowest BCUT2D eigenvalue weighted by atomic mass is 10.3. The van der Waals surface area contributed by atoms with E-state index in [1.807, 2.05) is 11.5 Å². The summed E-state index contributed by atoms with van der Waals surface area (Å²) in [4.78, 5) is 12.2. The molecule has 0 radical (unpaired) electrons. The monoisotopic (exact) mass is 498 g/mol. The van der Waals surface area contributed by atoms with Crippen molar-refractivity contribution in [1.29, 1.82) is 0 Å². The van der Waals surface area contributed by atoms with Crippen molar-refractivity contribution < 1.29 is 9.53 Å². The average molecular weight is 500 g/mol. The van der Waals surface area contributed by atoms with Crippen LogP contribution in [0.3, 0.4) is 0 Å². The number of rotatable bonds is 10. The second kappa shape index (κ2) is 11.6. The van der Waals surface area contributed by atoms with Crippen LogP contribution >= 0.6 is 46.6 Å². The normalized spacial score (nSPS) is 10.8. The zero-order valence-electron chi connectivity index (χ0n) is 16.8. The first-order valence-electron chi connectivity index (χ1n) is 9.64. The molecule has 0 saturated carbocycles. The number of halogens is 3. The molecule has 10 heteroatoms. The molecule has 1 heterocycles. The van der Waals surface area contributed by atoms with Crippen LogP contribution in [0.2, 0.25) is 15.1 Å². The summed E-state index contributed by atoms with van der Waals surface area (Å²) in [6, 6.07) is 12.1. The average Bonchev–Trinajstić information content (AvgIpc) is 3.14. The summed E-state index contributed by atoms with van der Waals surface area (Å²) in [6.07, 6.45) is 1.45. The lowest BCUT2D eigenvalue weighted by Gasteiger charge is -2.09. The lowest BCUT2D eigenvalue weighted by molar-refractivity contribution is -0.113. The van der Waals surface area contributed by atoms with Crippen molar-refractivity contribution in [2.45, 2.75) is 31.5 Å². The van der Waals surface area contributed by atoms with E-state index in [0.29, 0.717) is 51.2 Å². The zero-order chi connectivity index (χ0) is 22.2. The summed E-state index contributed by atoms with van der Waals surface area (Å²) < 4.78 is 7.73. The first-order valence-corrected chi connectivity index (χ1v) is 11.8. The van der Waals surface area contributed by atoms with Gasteiger partial charge in [-0.05, 0) is 55.8 Å². The molecule has 0 spiro atoms. The third-order valence-electron chi connectivity index (χ3n) is 4.27. The summed E-state index contributed by atoms with van der Waals surface area (Å²) in [5.74, 6) is 1.58. The first kappa shape index (κ1) is 23.7. The molecule has 164 valence electrons. The molecule has 1 N–H and O–H groups in total. The van der Waals surface area contributed by atoms with E-state index in [1.165, 1.54) is 11.8 Å². The van der Waals surface area contributed by atoms with Gasteiger partial charge in [-0.3, -0.25) is 4.79 Å². The topological polar surface area (TPSA) is 69.0 Å². The van der Waals surface area contributed by atoms with E-state index in [9.17, 15) is 4.79 Å². The predicted molar refractivity (Wildman–Crippen MR) is 127 cm³/mol. The number of thioether (sulfide) groups is 1. The van der Waals surface area contributed by atoms with Crippen molar-refractivity contribution >= 4 is 58.2 Å².